The molecule has 1 aromatic carbocycles. The van der Waals surface area contributed by atoms with Gasteiger partial charge in [-0.05, 0) is 24.6 Å². The molecule has 0 radical (unpaired) electrons. The van der Waals surface area contributed by atoms with Crippen LogP contribution in [0.4, 0.5) is 10.1 Å². The van der Waals surface area contributed by atoms with Crippen molar-refractivity contribution in [1.82, 2.24) is 0 Å². The zero-order valence-electron chi connectivity index (χ0n) is 8.86. The number of hydrogen-bond donors (Lipinski definition) is 1. The van der Waals surface area contributed by atoms with E-state index < -0.39 is 0 Å². The van der Waals surface area contributed by atoms with E-state index in [1.54, 1.807) is 0 Å². The molecule has 14 heavy (non-hydrogen) atoms. The Labute approximate surface area is 85.6 Å². The van der Waals surface area contributed by atoms with E-state index in [4.69, 9.17) is 4.74 Å². The van der Waals surface area contributed by atoms with Gasteiger partial charge in [0, 0.05) is 7.97 Å². The first-order valence-corrected chi connectivity index (χ1v) is 4.94. The molecular formula is C11H18FNO. The van der Waals surface area contributed by atoms with Gasteiger partial charge in [-0.2, -0.15) is 0 Å². The van der Waals surface area contributed by atoms with Crippen LogP contribution in [0.25, 0.3) is 0 Å². The van der Waals surface area contributed by atoms with E-state index in [2.05, 4.69) is 5.32 Å². The molecule has 0 saturated carbocycles. The topological polar surface area (TPSA) is 21.3 Å². The van der Waals surface area contributed by atoms with Crippen molar-refractivity contribution in [3.05, 3.63) is 23.5 Å². The largest absolute Gasteiger partial charge is 0.489 e. The first-order valence-electron chi connectivity index (χ1n) is 4.94. The highest BCUT2D eigenvalue weighted by atomic mass is 19.1. The Kier molecular flexibility index (Phi) is 3.74. The van der Waals surface area contributed by atoms with Gasteiger partial charge in [-0.25, -0.2) is 4.39 Å². The number of anilines is 1. The summed E-state index contributed by atoms with van der Waals surface area (Å²) >= 11 is 0. The molecule has 1 N–H and O–H groups in total. The minimum absolute atomic E-state index is 0. The molecule has 0 atom stereocenters. The summed E-state index contributed by atoms with van der Waals surface area (Å²) in [6.07, 6.45) is 0. The second-order valence-corrected chi connectivity index (χ2v) is 2.90. The molecule has 1 aliphatic rings. The number of hydrogen-bond acceptors (Lipinski definition) is 2. The molecule has 0 saturated heterocycles. The monoisotopic (exact) mass is 199 g/mol. The lowest BCUT2D eigenvalue weighted by atomic mass is 10.2. The van der Waals surface area contributed by atoms with Crippen LogP contribution in [0.3, 0.4) is 0 Å². The van der Waals surface area contributed by atoms with Crippen LogP contribution in [-0.4, -0.2) is 13.2 Å². The van der Waals surface area contributed by atoms with Crippen molar-refractivity contribution < 1.29 is 10.6 Å². The number of rotatable bonds is 0. The normalized spacial score (nSPS) is 12.9. The summed E-state index contributed by atoms with van der Waals surface area (Å²) in [4.78, 5) is 0. The molecule has 0 aliphatic carbocycles. The van der Waals surface area contributed by atoms with Crippen LogP contribution in [0.15, 0.2) is 12.1 Å². The molecule has 0 fully saturated rings. The predicted molar refractivity (Wildman–Crippen MR) is 58.6 cm³/mol. The van der Waals surface area contributed by atoms with Crippen molar-refractivity contribution in [2.45, 2.75) is 20.8 Å². The van der Waals surface area contributed by atoms with E-state index in [1.807, 2.05) is 26.8 Å². The van der Waals surface area contributed by atoms with Gasteiger partial charge >= 0.3 is 0 Å². The van der Waals surface area contributed by atoms with Crippen LogP contribution in [0, 0.1) is 12.7 Å². The first kappa shape index (κ1) is 10.8. The third-order valence-electron chi connectivity index (χ3n) is 1.86. The Morgan fingerprint density at radius 1 is 1.43 bits per heavy atom. The molecule has 0 bridgehead atoms. The number of fused-ring (bicyclic) bond motifs is 1. The van der Waals surface area contributed by atoms with Gasteiger partial charge in [-0.1, -0.05) is 13.8 Å². The smallest absolute Gasteiger partial charge is 0.150 e. The minimum Gasteiger partial charge on any atom is -0.489 e. The maximum atomic E-state index is 13.2. The van der Waals surface area contributed by atoms with Crippen LogP contribution >= 0.6 is 0 Å². The Balaban J connectivity index is 0.000000617. The SMILES string of the molecule is CC.Cc1cc(F)c2c(c1)OCCN2.[HH]. The molecule has 0 unspecified atom stereocenters. The predicted octanol–water partition coefficient (Wildman–Crippen LogP) is 3.21. The third kappa shape index (κ3) is 2.16. The summed E-state index contributed by atoms with van der Waals surface area (Å²) in [6, 6.07) is 3.34. The highest BCUT2D eigenvalue weighted by molar-refractivity contribution is 5.59. The van der Waals surface area contributed by atoms with Gasteiger partial charge < -0.3 is 10.1 Å². The molecule has 0 amide bonds. The molecule has 1 aliphatic heterocycles. The molecule has 1 heterocycles. The van der Waals surface area contributed by atoms with Crippen molar-refractivity contribution in [2.75, 3.05) is 18.5 Å². The summed E-state index contributed by atoms with van der Waals surface area (Å²) in [5.74, 6) is 0.392. The maximum Gasteiger partial charge on any atom is 0.150 e. The van der Waals surface area contributed by atoms with Crippen LogP contribution in [0.5, 0.6) is 5.75 Å². The minimum atomic E-state index is -0.232. The molecule has 0 spiro atoms. The average molecular weight is 199 g/mol. The van der Waals surface area contributed by atoms with E-state index in [9.17, 15) is 4.39 Å². The average Bonchev–Trinajstić information content (AvgIpc) is 2.20. The second-order valence-electron chi connectivity index (χ2n) is 2.90. The summed E-state index contributed by atoms with van der Waals surface area (Å²) in [6.45, 7) is 7.13. The van der Waals surface area contributed by atoms with Crippen LogP contribution in [-0.2, 0) is 0 Å². The molecule has 2 nitrogen and oxygen atoms in total. The fourth-order valence-electron chi connectivity index (χ4n) is 1.33. The zero-order valence-corrected chi connectivity index (χ0v) is 8.86. The van der Waals surface area contributed by atoms with Gasteiger partial charge in [-0.15, -0.1) is 0 Å². The van der Waals surface area contributed by atoms with Crippen molar-refractivity contribution in [3.8, 4) is 5.75 Å². The summed E-state index contributed by atoms with van der Waals surface area (Å²) < 4.78 is 18.5. The second kappa shape index (κ2) is 4.84. The summed E-state index contributed by atoms with van der Waals surface area (Å²) in [7, 11) is 0. The number of halogens is 1. The molecule has 0 aromatic heterocycles. The highest BCUT2D eigenvalue weighted by Crippen LogP contribution is 2.30. The molecule has 80 valence electrons. The number of benzene rings is 1. The summed E-state index contributed by atoms with van der Waals surface area (Å²) in [5, 5.41) is 2.96. The van der Waals surface area contributed by atoms with Gasteiger partial charge in [0.2, 0.25) is 0 Å². The number of ether oxygens (including phenoxy) is 1. The Bertz CT molecular complexity index is 318. The fraction of sp³-hybridized carbons (Fsp3) is 0.455. The van der Waals surface area contributed by atoms with E-state index in [0.29, 0.717) is 24.6 Å². The van der Waals surface area contributed by atoms with Gasteiger partial charge in [0.25, 0.3) is 0 Å². The zero-order chi connectivity index (χ0) is 10.6. The lowest BCUT2D eigenvalue weighted by molar-refractivity contribution is 0.320. The Hall–Kier alpha value is -1.25. The lowest BCUT2D eigenvalue weighted by Gasteiger charge is -2.19. The standard InChI is InChI=1S/C9H10FNO.C2H6.H2/c1-6-4-7(10)9-8(5-6)12-3-2-11-9;1-2;/h4-5,11H,2-3H2,1H3;1-2H3;1H. The molecule has 1 aromatic rings. The maximum absolute atomic E-state index is 13.2. The molecular weight excluding hydrogens is 181 g/mol. The molecule has 3 heteroatoms. The van der Waals surface area contributed by atoms with Crippen LogP contribution in [0.2, 0.25) is 0 Å². The van der Waals surface area contributed by atoms with Crippen molar-refractivity contribution in [3.63, 3.8) is 0 Å². The van der Waals surface area contributed by atoms with Gasteiger partial charge in [0.1, 0.15) is 23.9 Å². The Morgan fingerprint density at radius 3 is 2.86 bits per heavy atom. The van der Waals surface area contributed by atoms with Gasteiger partial charge in [0.15, 0.2) is 0 Å². The third-order valence-corrected chi connectivity index (χ3v) is 1.86. The first-order chi connectivity index (χ1) is 6.77. The van der Waals surface area contributed by atoms with Gasteiger partial charge in [-0.3, -0.25) is 0 Å². The van der Waals surface area contributed by atoms with E-state index >= 15 is 0 Å². The van der Waals surface area contributed by atoms with Gasteiger partial charge in [0.05, 0.1) is 0 Å². The van der Waals surface area contributed by atoms with Crippen molar-refractivity contribution in [2.24, 2.45) is 0 Å². The van der Waals surface area contributed by atoms with Crippen molar-refractivity contribution in [1.29, 1.82) is 0 Å². The lowest BCUT2D eigenvalue weighted by Crippen LogP contribution is -2.19. The summed E-state index contributed by atoms with van der Waals surface area (Å²) in [5.41, 5.74) is 1.38. The fourth-order valence-corrected chi connectivity index (χ4v) is 1.33. The quantitative estimate of drug-likeness (QED) is 0.692. The van der Waals surface area contributed by atoms with Crippen molar-refractivity contribution >= 4 is 5.69 Å². The van der Waals surface area contributed by atoms with E-state index in [0.717, 1.165) is 5.56 Å². The molecule has 2 rings (SSSR count). The number of aryl methyl sites for hydroxylation is 1. The number of nitrogens with one attached hydrogen (secondary N) is 1. The highest BCUT2D eigenvalue weighted by Gasteiger charge is 2.13. The van der Waals surface area contributed by atoms with E-state index in [-0.39, 0.29) is 7.24 Å². The Morgan fingerprint density at radius 2 is 2.14 bits per heavy atom. The van der Waals surface area contributed by atoms with E-state index in [1.165, 1.54) is 6.07 Å². The van der Waals surface area contributed by atoms with Crippen LogP contribution < -0.4 is 10.1 Å². The van der Waals surface area contributed by atoms with Crippen LogP contribution in [0.1, 0.15) is 20.8 Å².